The van der Waals surface area contributed by atoms with Crippen LogP contribution in [-0.2, 0) is 21.1 Å². The van der Waals surface area contributed by atoms with Crippen molar-refractivity contribution in [1.82, 2.24) is 4.98 Å². The van der Waals surface area contributed by atoms with Gasteiger partial charge in [-0.1, -0.05) is 30.3 Å². The Morgan fingerprint density at radius 1 is 1.22 bits per heavy atom. The van der Waals surface area contributed by atoms with Gasteiger partial charge in [0.2, 0.25) is 5.91 Å². The predicted molar refractivity (Wildman–Crippen MR) is 104 cm³/mol. The average Bonchev–Trinajstić information content (AvgIpc) is 3.01. The number of fused-ring (bicyclic) bond motifs is 1. The predicted octanol–water partition coefficient (Wildman–Crippen LogP) is 2.12. The molecule has 27 heavy (non-hydrogen) atoms. The summed E-state index contributed by atoms with van der Waals surface area (Å²) in [6.07, 6.45) is 1.76. The van der Waals surface area contributed by atoms with Crippen molar-refractivity contribution in [1.29, 1.82) is 0 Å². The molecule has 0 aliphatic heterocycles. The molecule has 7 nitrogen and oxygen atoms in total. The molecule has 0 spiro atoms. The molecule has 0 aliphatic carbocycles. The van der Waals surface area contributed by atoms with Gasteiger partial charge in [0.25, 0.3) is 0 Å². The third-order valence-electron chi connectivity index (χ3n) is 4.03. The molecule has 0 saturated heterocycles. The van der Waals surface area contributed by atoms with Gasteiger partial charge in [-0.25, -0.2) is 13.4 Å². The second-order valence-electron chi connectivity index (χ2n) is 6.47. The van der Waals surface area contributed by atoms with Crippen molar-refractivity contribution in [3.8, 4) is 0 Å². The number of sulfone groups is 1. The maximum absolute atomic E-state index is 12.1. The first-order valence-electron chi connectivity index (χ1n) is 8.48. The van der Waals surface area contributed by atoms with Crippen LogP contribution in [0.2, 0.25) is 0 Å². The van der Waals surface area contributed by atoms with Crippen LogP contribution in [-0.4, -0.2) is 37.4 Å². The van der Waals surface area contributed by atoms with E-state index >= 15 is 0 Å². The van der Waals surface area contributed by atoms with E-state index in [1.165, 1.54) is 0 Å². The van der Waals surface area contributed by atoms with E-state index < -0.39 is 21.8 Å². The number of nitrogens with two attached hydrogens (primary N) is 1. The lowest BCUT2D eigenvalue weighted by Gasteiger charge is -2.11. The molecule has 8 heteroatoms. The molecule has 0 aliphatic rings. The third-order valence-corrected chi connectivity index (χ3v) is 5.01. The zero-order valence-corrected chi connectivity index (χ0v) is 15.7. The van der Waals surface area contributed by atoms with Gasteiger partial charge in [0.15, 0.2) is 11.5 Å². The second-order valence-corrected chi connectivity index (χ2v) is 8.73. The van der Waals surface area contributed by atoms with Crippen LogP contribution < -0.4 is 11.1 Å². The number of carbonyl (C=O) groups is 1. The quantitative estimate of drug-likeness (QED) is 0.642. The lowest BCUT2D eigenvalue weighted by atomic mass is 10.1. The first kappa shape index (κ1) is 19.1. The number of anilines is 1. The molecule has 0 fully saturated rings. The summed E-state index contributed by atoms with van der Waals surface area (Å²) in [5, 5.41) is 2.68. The highest BCUT2D eigenvalue weighted by Crippen LogP contribution is 2.22. The number of benzene rings is 2. The Morgan fingerprint density at radius 2 is 1.96 bits per heavy atom. The smallest absolute Gasteiger partial charge is 0.241 e. The largest absolute Gasteiger partial charge is 0.440 e. The zero-order chi connectivity index (χ0) is 19.4. The number of rotatable bonds is 7. The molecule has 0 radical (unpaired) electrons. The second kappa shape index (κ2) is 7.89. The standard InChI is InChI=1S/C19H21N3O4S/c1-27(24,25)10-9-15(20)19(23)21-14-7-8-16-17(12-14)26-18(22-16)11-13-5-3-2-4-6-13/h2-8,12,15H,9-11,20H2,1H3,(H,21,23). The van der Waals surface area contributed by atoms with E-state index in [1.54, 1.807) is 18.2 Å². The third kappa shape index (κ3) is 5.38. The molecule has 1 amide bonds. The van der Waals surface area contributed by atoms with Crippen LogP contribution in [0.4, 0.5) is 5.69 Å². The highest BCUT2D eigenvalue weighted by atomic mass is 32.2. The molecular weight excluding hydrogens is 366 g/mol. The molecule has 1 heterocycles. The van der Waals surface area contributed by atoms with Gasteiger partial charge >= 0.3 is 0 Å². The summed E-state index contributed by atoms with van der Waals surface area (Å²) in [7, 11) is -3.16. The number of nitrogens with one attached hydrogen (secondary N) is 1. The maximum Gasteiger partial charge on any atom is 0.241 e. The molecule has 1 aromatic heterocycles. The summed E-state index contributed by atoms with van der Waals surface area (Å²) >= 11 is 0. The average molecular weight is 387 g/mol. The lowest BCUT2D eigenvalue weighted by Crippen LogP contribution is -2.37. The van der Waals surface area contributed by atoms with E-state index in [1.807, 2.05) is 30.3 Å². The van der Waals surface area contributed by atoms with Crippen molar-refractivity contribution in [3.63, 3.8) is 0 Å². The van der Waals surface area contributed by atoms with E-state index in [-0.39, 0.29) is 12.2 Å². The number of nitrogens with zero attached hydrogens (tertiary/aromatic N) is 1. The van der Waals surface area contributed by atoms with Crippen molar-refractivity contribution >= 4 is 32.5 Å². The topological polar surface area (TPSA) is 115 Å². The minimum atomic E-state index is -3.16. The monoisotopic (exact) mass is 387 g/mol. The van der Waals surface area contributed by atoms with E-state index in [9.17, 15) is 13.2 Å². The van der Waals surface area contributed by atoms with E-state index in [4.69, 9.17) is 10.2 Å². The van der Waals surface area contributed by atoms with E-state index in [2.05, 4.69) is 10.3 Å². The van der Waals surface area contributed by atoms with Crippen molar-refractivity contribution < 1.29 is 17.6 Å². The number of hydrogen-bond donors (Lipinski definition) is 2. The molecule has 1 unspecified atom stereocenters. The van der Waals surface area contributed by atoms with Crippen molar-refractivity contribution in [3.05, 3.63) is 60.0 Å². The Labute approximate surface area is 157 Å². The summed E-state index contributed by atoms with van der Waals surface area (Å²) in [4.78, 5) is 16.6. The number of carbonyl (C=O) groups excluding carboxylic acids is 1. The Bertz CT molecular complexity index is 1050. The van der Waals surface area contributed by atoms with Gasteiger partial charge in [-0.2, -0.15) is 0 Å². The van der Waals surface area contributed by atoms with Crippen LogP contribution in [0.5, 0.6) is 0 Å². The van der Waals surface area contributed by atoms with E-state index in [0.717, 1.165) is 11.8 Å². The van der Waals surface area contributed by atoms with Gasteiger partial charge < -0.3 is 15.5 Å². The summed E-state index contributed by atoms with van der Waals surface area (Å²) in [6, 6.07) is 14.1. The minimum absolute atomic E-state index is 0.0659. The van der Waals surface area contributed by atoms with Gasteiger partial charge in [0.1, 0.15) is 15.4 Å². The molecule has 3 aromatic rings. The van der Waals surface area contributed by atoms with Crippen LogP contribution in [0.1, 0.15) is 17.9 Å². The van der Waals surface area contributed by atoms with Gasteiger partial charge in [-0.3, -0.25) is 4.79 Å². The van der Waals surface area contributed by atoms with Crippen molar-refractivity contribution in [2.75, 3.05) is 17.3 Å². The highest BCUT2D eigenvalue weighted by molar-refractivity contribution is 7.90. The first-order valence-corrected chi connectivity index (χ1v) is 10.5. The summed E-state index contributed by atoms with van der Waals surface area (Å²) < 4.78 is 28.2. The fourth-order valence-electron chi connectivity index (χ4n) is 2.60. The van der Waals surface area contributed by atoms with Gasteiger partial charge in [-0.15, -0.1) is 0 Å². The van der Waals surface area contributed by atoms with E-state index in [0.29, 0.717) is 29.1 Å². The fourth-order valence-corrected chi connectivity index (χ4v) is 3.29. The Hall–Kier alpha value is -2.71. The molecule has 2 aromatic carbocycles. The van der Waals surface area contributed by atoms with Crippen LogP contribution in [0.25, 0.3) is 11.1 Å². The lowest BCUT2D eigenvalue weighted by molar-refractivity contribution is -0.117. The SMILES string of the molecule is CS(=O)(=O)CCC(N)C(=O)Nc1ccc2nc(Cc3ccccc3)oc2c1. The summed E-state index contributed by atoms with van der Waals surface area (Å²) in [5.74, 6) is 0.0116. The molecule has 0 bridgehead atoms. The first-order chi connectivity index (χ1) is 12.8. The highest BCUT2D eigenvalue weighted by Gasteiger charge is 2.17. The molecule has 3 rings (SSSR count). The normalized spacial score (nSPS) is 12.8. The molecule has 3 N–H and O–H groups in total. The maximum atomic E-state index is 12.1. The summed E-state index contributed by atoms with van der Waals surface area (Å²) in [5.41, 5.74) is 8.63. The Morgan fingerprint density at radius 3 is 2.67 bits per heavy atom. The van der Waals surface area contributed by atoms with Gasteiger partial charge in [0.05, 0.1) is 11.8 Å². The van der Waals surface area contributed by atoms with Crippen molar-refractivity contribution in [2.45, 2.75) is 18.9 Å². The fraction of sp³-hybridized carbons (Fsp3) is 0.263. The Kier molecular flexibility index (Phi) is 5.57. The van der Waals surface area contributed by atoms with Crippen LogP contribution in [0, 0.1) is 0 Å². The Balaban J connectivity index is 1.68. The molecular formula is C19H21N3O4S. The van der Waals surface area contributed by atoms with Crippen LogP contribution in [0.3, 0.4) is 0 Å². The van der Waals surface area contributed by atoms with Crippen LogP contribution >= 0.6 is 0 Å². The molecule has 0 saturated carbocycles. The van der Waals surface area contributed by atoms with Gasteiger partial charge in [-0.05, 0) is 24.1 Å². The number of oxazole rings is 1. The summed E-state index contributed by atoms with van der Waals surface area (Å²) in [6.45, 7) is 0. The number of hydrogen-bond acceptors (Lipinski definition) is 6. The number of amides is 1. The zero-order valence-electron chi connectivity index (χ0n) is 14.9. The minimum Gasteiger partial charge on any atom is -0.440 e. The molecule has 142 valence electrons. The van der Waals surface area contributed by atoms with Crippen molar-refractivity contribution in [2.24, 2.45) is 5.73 Å². The van der Waals surface area contributed by atoms with Crippen LogP contribution in [0.15, 0.2) is 52.9 Å². The molecule has 1 atom stereocenters. The van der Waals surface area contributed by atoms with Gasteiger partial charge in [0, 0.05) is 24.4 Å². The number of aromatic nitrogens is 1.